The van der Waals surface area contributed by atoms with Gasteiger partial charge in [0.05, 0.1) is 0 Å². The van der Waals surface area contributed by atoms with E-state index in [0.29, 0.717) is 0 Å². The van der Waals surface area contributed by atoms with Gasteiger partial charge in [-0.3, -0.25) is 0 Å². The Bertz CT molecular complexity index is 353. The lowest BCUT2D eigenvalue weighted by atomic mass is 9.84. The third kappa shape index (κ3) is 3.29. The molecule has 0 spiro atoms. The molecule has 142 valence electrons. The molecule has 12 heteroatoms. The second-order valence-electron chi connectivity index (χ2n) is 6.03. The maximum Gasteiger partial charge on any atom is 0.150 e. The number of hydrogen-bond donors (Lipinski definition) is 10. The summed E-state index contributed by atoms with van der Waals surface area (Å²) in [6.07, 6.45) is -22.3. The van der Waals surface area contributed by atoms with Crippen molar-refractivity contribution in [1.82, 2.24) is 0 Å². The van der Waals surface area contributed by atoms with E-state index in [4.69, 9.17) is 0 Å². The van der Waals surface area contributed by atoms with Crippen LogP contribution in [0.5, 0.6) is 0 Å². The molecule has 0 amide bonds. The molecule has 0 aromatic heterocycles. The first-order chi connectivity index (χ1) is 11.1. The Morgan fingerprint density at radius 1 is 0.292 bits per heavy atom. The molecule has 8 atom stereocenters. The van der Waals surface area contributed by atoms with Crippen LogP contribution in [-0.2, 0) is 9.78 Å². The van der Waals surface area contributed by atoms with Crippen LogP contribution in [0.25, 0.3) is 0 Å². The van der Waals surface area contributed by atoms with Crippen molar-refractivity contribution in [2.24, 2.45) is 0 Å². The molecule has 2 fully saturated rings. The van der Waals surface area contributed by atoms with Gasteiger partial charge in [-0.2, -0.15) is 0 Å². The van der Waals surface area contributed by atoms with Crippen molar-refractivity contribution in [2.45, 2.75) is 73.2 Å². The maximum atomic E-state index is 9.75. The highest BCUT2D eigenvalue weighted by Crippen LogP contribution is 2.28. The van der Waals surface area contributed by atoms with Crippen LogP contribution in [0.15, 0.2) is 0 Å². The molecular weight excluding hydrogens is 336 g/mol. The van der Waals surface area contributed by atoms with Gasteiger partial charge in [0.15, 0.2) is 0 Å². The highest BCUT2D eigenvalue weighted by atomic mass is 17.2. The SMILES string of the molecule is OC1C(O)C(O)C(OOC2C(O)C(O)C(O)C(O)C2O)C(O)C1O. The van der Waals surface area contributed by atoms with Crippen molar-refractivity contribution in [3.63, 3.8) is 0 Å². The van der Waals surface area contributed by atoms with Crippen LogP contribution in [0.1, 0.15) is 0 Å². The maximum absolute atomic E-state index is 9.75. The van der Waals surface area contributed by atoms with Crippen LogP contribution in [-0.4, -0.2) is 124 Å². The zero-order chi connectivity index (χ0) is 18.3. The molecule has 2 aliphatic rings. The van der Waals surface area contributed by atoms with E-state index in [1.165, 1.54) is 0 Å². The Morgan fingerprint density at radius 3 is 0.667 bits per heavy atom. The summed E-state index contributed by atoms with van der Waals surface area (Å²) in [7, 11) is 0. The Hall–Kier alpha value is -0.480. The van der Waals surface area contributed by atoms with Crippen molar-refractivity contribution >= 4 is 0 Å². The monoisotopic (exact) mass is 358 g/mol. The van der Waals surface area contributed by atoms with Gasteiger partial charge in [-0.05, 0) is 0 Å². The normalized spacial score (nSPS) is 56.2. The molecule has 24 heavy (non-hydrogen) atoms. The first-order valence-electron chi connectivity index (χ1n) is 7.22. The van der Waals surface area contributed by atoms with Crippen LogP contribution >= 0.6 is 0 Å². The van der Waals surface area contributed by atoms with E-state index in [9.17, 15) is 51.1 Å². The summed E-state index contributed by atoms with van der Waals surface area (Å²) in [5, 5.41) is 96.0. The fourth-order valence-electron chi connectivity index (χ4n) is 2.75. The Kier molecular flexibility index (Phi) is 6.12. The minimum Gasteiger partial charge on any atom is -0.387 e. The minimum absolute atomic E-state index is 1.78. The molecule has 2 saturated carbocycles. The number of rotatable bonds is 3. The van der Waals surface area contributed by atoms with E-state index >= 15 is 0 Å². The van der Waals surface area contributed by atoms with Crippen molar-refractivity contribution in [3.8, 4) is 0 Å². The molecular formula is C12H22O12. The molecule has 0 heterocycles. The molecule has 0 bridgehead atoms. The summed E-state index contributed by atoms with van der Waals surface area (Å²) in [4.78, 5) is 9.31. The molecule has 12 nitrogen and oxygen atoms in total. The Labute approximate surface area is 135 Å². The summed E-state index contributed by atoms with van der Waals surface area (Å²) < 4.78 is 0. The molecule has 8 unspecified atom stereocenters. The van der Waals surface area contributed by atoms with Gasteiger partial charge < -0.3 is 51.1 Å². The topological polar surface area (TPSA) is 221 Å². The van der Waals surface area contributed by atoms with E-state index in [0.717, 1.165) is 0 Å². The summed E-state index contributed by atoms with van der Waals surface area (Å²) >= 11 is 0. The largest absolute Gasteiger partial charge is 0.387 e. The molecule has 0 radical (unpaired) electrons. The van der Waals surface area contributed by atoms with Crippen LogP contribution in [0.3, 0.4) is 0 Å². The fraction of sp³-hybridized carbons (Fsp3) is 1.00. The number of aliphatic hydroxyl groups excluding tert-OH is 10. The van der Waals surface area contributed by atoms with Crippen molar-refractivity contribution < 1.29 is 60.8 Å². The second-order valence-corrected chi connectivity index (χ2v) is 6.03. The zero-order valence-electron chi connectivity index (χ0n) is 12.2. The van der Waals surface area contributed by atoms with Gasteiger partial charge in [-0.25, -0.2) is 9.78 Å². The summed E-state index contributed by atoms with van der Waals surface area (Å²) in [6.45, 7) is 0. The van der Waals surface area contributed by atoms with Crippen LogP contribution < -0.4 is 0 Å². The highest BCUT2D eigenvalue weighted by molar-refractivity contribution is 5.00. The summed E-state index contributed by atoms with van der Waals surface area (Å²) in [5.41, 5.74) is 0. The number of aliphatic hydroxyl groups is 10. The fourth-order valence-corrected chi connectivity index (χ4v) is 2.75. The third-order valence-corrected chi connectivity index (χ3v) is 4.42. The van der Waals surface area contributed by atoms with Gasteiger partial charge in [-0.15, -0.1) is 0 Å². The molecule has 0 aliphatic heterocycles. The van der Waals surface area contributed by atoms with E-state index in [1.54, 1.807) is 0 Å². The summed E-state index contributed by atoms with van der Waals surface area (Å²) in [6, 6.07) is 0. The van der Waals surface area contributed by atoms with Crippen LogP contribution in [0.2, 0.25) is 0 Å². The van der Waals surface area contributed by atoms with Crippen LogP contribution in [0, 0.1) is 0 Å². The average molecular weight is 358 g/mol. The lowest BCUT2D eigenvalue weighted by Crippen LogP contribution is -2.66. The van der Waals surface area contributed by atoms with Gasteiger partial charge >= 0.3 is 0 Å². The van der Waals surface area contributed by atoms with Gasteiger partial charge in [0.1, 0.15) is 73.2 Å². The molecule has 10 N–H and O–H groups in total. The minimum atomic E-state index is -1.89. The zero-order valence-corrected chi connectivity index (χ0v) is 12.2. The molecule has 2 rings (SSSR count). The molecule has 0 aromatic rings. The summed E-state index contributed by atoms with van der Waals surface area (Å²) in [5.74, 6) is 0. The standard InChI is InChI=1S/C12H22O12/c13-1-3(15)7(19)11(8(20)4(1)16)23-24-12-9(21)5(17)2(14)6(18)10(12)22/h1-22H. The first kappa shape index (κ1) is 19.8. The molecule has 2 aliphatic carbocycles. The van der Waals surface area contributed by atoms with Gasteiger partial charge in [0.25, 0.3) is 0 Å². The van der Waals surface area contributed by atoms with E-state index < -0.39 is 73.2 Å². The third-order valence-electron chi connectivity index (χ3n) is 4.42. The van der Waals surface area contributed by atoms with Gasteiger partial charge in [-0.1, -0.05) is 0 Å². The number of hydrogen-bond acceptors (Lipinski definition) is 12. The second kappa shape index (κ2) is 7.41. The van der Waals surface area contributed by atoms with E-state index in [-0.39, 0.29) is 0 Å². The van der Waals surface area contributed by atoms with Crippen molar-refractivity contribution in [2.75, 3.05) is 0 Å². The van der Waals surface area contributed by atoms with Gasteiger partial charge in [0.2, 0.25) is 0 Å². The van der Waals surface area contributed by atoms with Gasteiger partial charge in [0, 0.05) is 0 Å². The van der Waals surface area contributed by atoms with Crippen molar-refractivity contribution in [1.29, 1.82) is 0 Å². The van der Waals surface area contributed by atoms with E-state index in [1.807, 2.05) is 0 Å². The lowest BCUT2D eigenvalue weighted by Gasteiger charge is -2.43. The smallest absolute Gasteiger partial charge is 0.150 e. The van der Waals surface area contributed by atoms with Crippen LogP contribution in [0.4, 0.5) is 0 Å². The quantitative estimate of drug-likeness (QED) is 0.168. The predicted molar refractivity (Wildman–Crippen MR) is 69.8 cm³/mol. The Morgan fingerprint density at radius 2 is 0.458 bits per heavy atom. The average Bonchev–Trinajstić information content (AvgIpc) is 2.57. The molecule has 0 saturated heterocycles. The van der Waals surface area contributed by atoms with E-state index in [2.05, 4.69) is 9.78 Å². The highest BCUT2D eigenvalue weighted by Gasteiger charge is 2.53. The predicted octanol–water partition coefficient (Wildman–Crippen LogP) is -6.69. The first-order valence-corrected chi connectivity index (χ1v) is 7.22. The Balaban J connectivity index is 2.06. The van der Waals surface area contributed by atoms with Crippen molar-refractivity contribution in [3.05, 3.63) is 0 Å². The molecule has 0 aromatic carbocycles. The lowest BCUT2D eigenvalue weighted by molar-refractivity contribution is -0.422.